The van der Waals surface area contributed by atoms with Crippen molar-refractivity contribution in [1.29, 1.82) is 0 Å². The van der Waals surface area contributed by atoms with Gasteiger partial charge >= 0.3 is 0 Å². The topological polar surface area (TPSA) is 93.2 Å². The molecule has 1 fully saturated rings. The molecule has 0 radical (unpaired) electrons. The van der Waals surface area contributed by atoms with E-state index in [4.69, 9.17) is 19.0 Å². The van der Waals surface area contributed by atoms with Crippen LogP contribution in [0.2, 0.25) is 0 Å². The number of allylic oxidation sites excluding steroid dienone is 2. The number of methoxy groups -OCH3 is 2. The number of aryl methyl sites for hydroxylation is 1. The first-order valence-electron chi connectivity index (χ1n) is 13.4. The largest absolute Gasteiger partial charge is 0.493 e. The molecular formula is C30H46FN5O4. The standard InChI is InChI=1S/C14H20N4O2.C8H9FO2.C6H11N.C2H6/c1-3-18-6-7-19-14(9-18)20-17-11-4-5-13-12(8-11)10(2)15-16-13;1-10-7-4-3-6(9)5-8(7)11-2;1-6(2)4-5-7-3;1-2/h4-5,8,14,17H,3,6-7,9H2,1-2H3,(H,15,16);3-5H,1-2H3;4-5H,1-3H3;1-2H3. The zero-order valence-corrected chi connectivity index (χ0v) is 25.4. The Morgan fingerprint density at radius 3 is 2.50 bits per heavy atom. The predicted octanol–water partition coefficient (Wildman–Crippen LogP) is 6.42. The van der Waals surface area contributed by atoms with Gasteiger partial charge in [-0.1, -0.05) is 26.3 Å². The number of aromatic amines is 1. The summed E-state index contributed by atoms with van der Waals surface area (Å²) in [5.74, 6) is 0.615. The van der Waals surface area contributed by atoms with Crippen LogP contribution in [-0.2, 0) is 9.57 Å². The minimum absolute atomic E-state index is 0.232. The molecule has 0 bridgehead atoms. The van der Waals surface area contributed by atoms with Crippen molar-refractivity contribution in [1.82, 2.24) is 15.1 Å². The van der Waals surface area contributed by atoms with Crippen molar-refractivity contribution in [3.8, 4) is 11.5 Å². The fraction of sp³-hybridized carbons (Fsp3) is 0.467. The van der Waals surface area contributed by atoms with E-state index < -0.39 is 0 Å². The first kappa shape index (κ1) is 34.6. The number of aliphatic imine (C=N–C) groups is 1. The van der Waals surface area contributed by atoms with E-state index in [9.17, 15) is 4.39 Å². The quantitative estimate of drug-likeness (QED) is 0.255. The van der Waals surface area contributed by atoms with E-state index in [0.29, 0.717) is 18.1 Å². The van der Waals surface area contributed by atoms with Crippen molar-refractivity contribution < 1.29 is 23.4 Å². The van der Waals surface area contributed by atoms with Gasteiger partial charge in [-0.25, -0.2) is 9.23 Å². The van der Waals surface area contributed by atoms with Crippen LogP contribution in [0.4, 0.5) is 10.1 Å². The number of halogens is 1. The van der Waals surface area contributed by atoms with Gasteiger partial charge < -0.3 is 14.2 Å². The zero-order chi connectivity index (χ0) is 29.9. The Kier molecular flexibility index (Phi) is 16.9. The van der Waals surface area contributed by atoms with Gasteiger partial charge in [0.05, 0.1) is 38.6 Å². The molecule has 0 aliphatic carbocycles. The second-order valence-corrected chi connectivity index (χ2v) is 8.64. The van der Waals surface area contributed by atoms with Crippen LogP contribution >= 0.6 is 0 Å². The number of nitrogens with one attached hydrogen (secondary N) is 2. The molecule has 2 aromatic carbocycles. The maximum Gasteiger partial charge on any atom is 0.196 e. The highest BCUT2D eigenvalue weighted by atomic mass is 19.1. The Morgan fingerprint density at radius 2 is 1.90 bits per heavy atom. The number of rotatable bonds is 7. The number of morpholine rings is 1. The summed E-state index contributed by atoms with van der Waals surface area (Å²) in [6.45, 7) is 15.7. The van der Waals surface area contributed by atoms with Gasteiger partial charge in [-0.15, -0.1) is 0 Å². The van der Waals surface area contributed by atoms with E-state index in [0.717, 1.165) is 41.9 Å². The molecule has 1 aromatic heterocycles. The van der Waals surface area contributed by atoms with Crippen LogP contribution in [0.5, 0.6) is 11.5 Å². The number of hydrogen-bond acceptors (Lipinski definition) is 8. The molecule has 40 heavy (non-hydrogen) atoms. The average Bonchev–Trinajstić information content (AvgIpc) is 3.36. The molecule has 1 aliphatic heterocycles. The fourth-order valence-electron chi connectivity index (χ4n) is 3.40. The number of H-pyrrole nitrogens is 1. The lowest BCUT2D eigenvalue weighted by atomic mass is 10.2. The highest BCUT2D eigenvalue weighted by molar-refractivity contribution is 5.84. The monoisotopic (exact) mass is 559 g/mol. The number of ether oxygens (including phenoxy) is 3. The summed E-state index contributed by atoms with van der Waals surface area (Å²) in [6, 6.07) is 10.1. The summed E-state index contributed by atoms with van der Waals surface area (Å²) in [6.07, 6.45) is 3.53. The lowest BCUT2D eigenvalue weighted by Gasteiger charge is -2.31. The number of anilines is 1. The Bertz CT molecular complexity index is 1180. The maximum absolute atomic E-state index is 12.5. The van der Waals surface area contributed by atoms with Gasteiger partial charge in [0.2, 0.25) is 0 Å². The third-order valence-corrected chi connectivity index (χ3v) is 5.52. The Labute approximate surface area is 238 Å². The smallest absolute Gasteiger partial charge is 0.196 e. The lowest BCUT2D eigenvalue weighted by Crippen LogP contribution is -2.44. The van der Waals surface area contributed by atoms with E-state index >= 15 is 0 Å². The molecule has 1 unspecified atom stereocenters. The summed E-state index contributed by atoms with van der Waals surface area (Å²) >= 11 is 0. The second kappa shape index (κ2) is 19.6. The van der Waals surface area contributed by atoms with Gasteiger partial charge in [-0.2, -0.15) is 5.10 Å². The molecule has 1 atom stereocenters. The van der Waals surface area contributed by atoms with Crippen molar-refractivity contribution in [3.63, 3.8) is 0 Å². The molecule has 1 saturated heterocycles. The zero-order valence-electron chi connectivity index (χ0n) is 25.4. The molecule has 0 saturated carbocycles. The lowest BCUT2D eigenvalue weighted by molar-refractivity contribution is -0.164. The summed E-state index contributed by atoms with van der Waals surface area (Å²) in [4.78, 5) is 11.7. The molecule has 10 heteroatoms. The second-order valence-electron chi connectivity index (χ2n) is 8.64. The first-order valence-corrected chi connectivity index (χ1v) is 13.4. The van der Waals surface area contributed by atoms with Gasteiger partial charge in [-0.3, -0.25) is 20.5 Å². The number of nitrogens with zero attached hydrogens (tertiary/aromatic N) is 3. The van der Waals surface area contributed by atoms with E-state index in [-0.39, 0.29) is 12.1 Å². The summed E-state index contributed by atoms with van der Waals surface area (Å²) in [7, 11) is 4.74. The van der Waals surface area contributed by atoms with Crippen LogP contribution in [-0.4, -0.2) is 75.1 Å². The molecular weight excluding hydrogens is 513 g/mol. The fourth-order valence-corrected chi connectivity index (χ4v) is 3.40. The van der Waals surface area contributed by atoms with Gasteiger partial charge in [0.15, 0.2) is 17.8 Å². The number of aromatic nitrogens is 2. The molecule has 3 aromatic rings. The molecule has 2 N–H and O–H groups in total. The highest BCUT2D eigenvalue weighted by Crippen LogP contribution is 2.26. The van der Waals surface area contributed by atoms with E-state index in [2.05, 4.69) is 32.5 Å². The van der Waals surface area contributed by atoms with E-state index in [1.54, 1.807) is 13.3 Å². The first-order chi connectivity index (χ1) is 19.3. The molecule has 0 amide bonds. The molecule has 0 spiro atoms. The van der Waals surface area contributed by atoms with Crippen molar-refractivity contribution in [3.05, 3.63) is 59.6 Å². The van der Waals surface area contributed by atoms with E-state index in [1.807, 2.05) is 58.9 Å². The SMILES string of the molecule is CC.CCN1CCOC(ONc2ccc3n[nH]c(C)c3c2)C1.CN=CC=C(C)C.COc1ccc(F)cc1OC. The summed E-state index contributed by atoms with van der Waals surface area (Å²) < 4.78 is 27.9. The number of benzene rings is 2. The van der Waals surface area contributed by atoms with Gasteiger partial charge in [0, 0.05) is 37.0 Å². The van der Waals surface area contributed by atoms with Crippen molar-refractivity contribution >= 4 is 22.8 Å². The number of hydrogen-bond donors (Lipinski definition) is 2. The molecule has 9 nitrogen and oxygen atoms in total. The molecule has 2 heterocycles. The van der Waals surface area contributed by atoms with Crippen LogP contribution in [0.3, 0.4) is 0 Å². The van der Waals surface area contributed by atoms with Crippen molar-refractivity contribution in [2.24, 2.45) is 4.99 Å². The van der Waals surface area contributed by atoms with Gasteiger partial charge in [0.25, 0.3) is 0 Å². The maximum atomic E-state index is 12.5. The van der Waals surface area contributed by atoms with Crippen LogP contribution < -0.4 is 15.0 Å². The number of likely N-dealkylation sites (N-methyl/N-ethyl adjacent to an activating group) is 1. The highest BCUT2D eigenvalue weighted by Gasteiger charge is 2.20. The third kappa shape index (κ3) is 12.1. The predicted molar refractivity (Wildman–Crippen MR) is 162 cm³/mol. The van der Waals surface area contributed by atoms with Crippen molar-refractivity contribution in [2.45, 2.75) is 47.8 Å². The number of fused-ring (bicyclic) bond motifs is 1. The van der Waals surface area contributed by atoms with E-state index in [1.165, 1.54) is 38.0 Å². The molecule has 1 aliphatic rings. The van der Waals surface area contributed by atoms with Crippen LogP contribution in [0.25, 0.3) is 10.9 Å². The Hall–Kier alpha value is -3.47. The van der Waals surface area contributed by atoms with Crippen LogP contribution in [0, 0.1) is 12.7 Å². The van der Waals surface area contributed by atoms with Crippen molar-refractivity contribution in [2.75, 3.05) is 53.0 Å². The van der Waals surface area contributed by atoms with Crippen LogP contribution in [0.1, 0.15) is 40.3 Å². The summed E-state index contributed by atoms with van der Waals surface area (Å²) in [5, 5.41) is 8.27. The average molecular weight is 560 g/mol. The Balaban J connectivity index is 0.000000337. The minimum atomic E-state index is -0.331. The van der Waals surface area contributed by atoms with Gasteiger partial charge in [-0.05, 0) is 63.7 Å². The molecule has 222 valence electrons. The van der Waals surface area contributed by atoms with Gasteiger partial charge in [0.1, 0.15) is 5.82 Å². The minimum Gasteiger partial charge on any atom is -0.493 e. The normalized spacial score (nSPS) is 14.6. The Morgan fingerprint density at radius 1 is 1.18 bits per heavy atom. The van der Waals surface area contributed by atoms with Crippen LogP contribution in [0.15, 0.2) is 53.0 Å². The third-order valence-electron chi connectivity index (χ3n) is 5.52. The summed E-state index contributed by atoms with van der Waals surface area (Å²) in [5.41, 5.74) is 7.17. The molecule has 4 rings (SSSR count).